The number of aliphatic hydroxyl groups is 1. The van der Waals surface area contributed by atoms with Crippen LogP contribution in [0.15, 0.2) is 41.6 Å². The highest BCUT2D eigenvalue weighted by Crippen LogP contribution is 2.32. The molecule has 1 atom stereocenters. The molecule has 1 amide bonds. The number of aliphatic hydroxyl groups excluding tert-OH is 1. The molecule has 0 aliphatic heterocycles. The molecule has 1 fully saturated rings. The number of rotatable bonds is 10. The number of nitrogens with one attached hydrogen (secondary N) is 1. The van der Waals surface area contributed by atoms with Gasteiger partial charge in [0.1, 0.15) is 6.04 Å². The maximum absolute atomic E-state index is 13.2. The highest BCUT2D eigenvalue weighted by Gasteiger charge is 2.33. The fourth-order valence-electron chi connectivity index (χ4n) is 4.22. The molecule has 3 heterocycles. The maximum Gasteiger partial charge on any atom is 0.433 e. The molecule has 3 aromatic rings. The second-order valence-corrected chi connectivity index (χ2v) is 8.73. The molecule has 198 valence electrons. The number of hydrogen-bond donors (Lipinski definition) is 2. The molecular formula is C23H26F3N7O4. The van der Waals surface area contributed by atoms with Gasteiger partial charge in [0, 0.05) is 37.7 Å². The third-order valence-electron chi connectivity index (χ3n) is 6.00. The van der Waals surface area contributed by atoms with E-state index in [-0.39, 0.29) is 18.3 Å². The van der Waals surface area contributed by atoms with E-state index in [4.69, 9.17) is 9.84 Å². The number of ether oxygens (including phenoxy) is 1. The molecule has 1 saturated carbocycles. The number of aromatic nitrogens is 6. The Morgan fingerprint density at radius 3 is 2.76 bits per heavy atom. The standard InChI is InChI=1S/C23H26F3N7O4/c24-23(25,26)18-6-8-27-22(29-18)37-16-13-20(35)33(28-14-16)17(12-15-4-1-2-5-15)21(36)30-19-7-10-32(31-19)9-3-11-34/h6-8,10,13-15,17,34H,1-5,9,11-12H2,(H,30,31,36). The van der Waals surface area contributed by atoms with Crippen LogP contribution >= 0.6 is 0 Å². The van der Waals surface area contributed by atoms with E-state index in [1.54, 1.807) is 16.9 Å². The first-order valence-corrected chi connectivity index (χ1v) is 11.8. The Morgan fingerprint density at radius 1 is 1.27 bits per heavy atom. The average molecular weight is 522 g/mol. The number of anilines is 1. The summed E-state index contributed by atoms with van der Waals surface area (Å²) in [5.74, 6) is -0.0953. The van der Waals surface area contributed by atoms with Crippen molar-refractivity contribution >= 4 is 11.7 Å². The van der Waals surface area contributed by atoms with Crippen LogP contribution in [0.4, 0.5) is 19.0 Å². The molecule has 0 spiro atoms. The van der Waals surface area contributed by atoms with Crippen LogP contribution in [0.25, 0.3) is 0 Å². The Kier molecular flexibility index (Phi) is 8.16. The molecule has 14 heteroatoms. The van der Waals surface area contributed by atoms with E-state index in [0.29, 0.717) is 31.3 Å². The molecule has 1 aliphatic carbocycles. The normalized spacial score (nSPS) is 15.0. The highest BCUT2D eigenvalue weighted by molar-refractivity contribution is 5.92. The van der Waals surface area contributed by atoms with Gasteiger partial charge >= 0.3 is 12.2 Å². The summed E-state index contributed by atoms with van der Waals surface area (Å²) in [4.78, 5) is 33.1. The van der Waals surface area contributed by atoms with Crippen LogP contribution in [-0.2, 0) is 17.5 Å². The molecule has 11 nitrogen and oxygen atoms in total. The van der Waals surface area contributed by atoms with Crippen molar-refractivity contribution in [3.05, 3.63) is 52.8 Å². The van der Waals surface area contributed by atoms with Gasteiger partial charge in [0.2, 0.25) is 0 Å². The summed E-state index contributed by atoms with van der Waals surface area (Å²) in [6, 6.07) is 1.81. The highest BCUT2D eigenvalue weighted by atomic mass is 19.4. The van der Waals surface area contributed by atoms with Crippen LogP contribution in [0.5, 0.6) is 11.8 Å². The van der Waals surface area contributed by atoms with Gasteiger partial charge in [-0.1, -0.05) is 25.7 Å². The van der Waals surface area contributed by atoms with Crippen LogP contribution in [-0.4, -0.2) is 47.1 Å². The monoisotopic (exact) mass is 521 g/mol. The van der Waals surface area contributed by atoms with Gasteiger partial charge in [0.15, 0.2) is 17.3 Å². The topological polar surface area (TPSA) is 137 Å². The smallest absolute Gasteiger partial charge is 0.422 e. The first kappa shape index (κ1) is 26.3. The Hall–Kier alpha value is -3.81. The molecule has 0 aromatic carbocycles. The van der Waals surface area contributed by atoms with Crippen LogP contribution in [0.3, 0.4) is 0 Å². The van der Waals surface area contributed by atoms with E-state index < -0.39 is 35.4 Å². The number of halogens is 3. The summed E-state index contributed by atoms with van der Waals surface area (Å²) in [6.45, 7) is 0.495. The van der Waals surface area contributed by atoms with E-state index in [2.05, 4.69) is 25.5 Å². The summed E-state index contributed by atoms with van der Waals surface area (Å²) in [5.41, 5.74) is -1.86. The van der Waals surface area contributed by atoms with Crippen LogP contribution < -0.4 is 15.6 Å². The van der Waals surface area contributed by atoms with Crippen molar-refractivity contribution < 1.29 is 27.8 Å². The van der Waals surface area contributed by atoms with Crippen molar-refractivity contribution in [1.82, 2.24) is 29.5 Å². The van der Waals surface area contributed by atoms with Gasteiger partial charge in [-0.25, -0.2) is 9.67 Å². The summed E-state index contributed by atoms with van der Waals surface area (Å²) < 4.78 is 46.6. The van der Waals surface area contributed by atoms with Crippen LogP contribution in [0.1, 0.15) is 50.3 Å². The van der Waals surface area contributed by atoms with Crippen molar-refractivity contribution in [1.29, 1.82) is 0 Å². The summed E-state index contributed by atoms with van der Waals surface area (Å²) in [7, 11) is 0. The first-order valence-electron chi connectivity index (χ1n) is 11.8. The number of aryl methyl sites for hydroxylation is 1. The zero-order valence-electron chi connectivity index (χ0n) is 19.8. The molecule has 1 unspecified atom stereocenters. The summed E-state index contributed by atoms with van der Waals surface area (Å²) in [5, 5.41) is 20.0. The number of carbonyl (C=O) groups excluding carboxylic acids is 1. The molecule has 2 N–H and O–H groups in total. The lowest BCUT2D eigenvalue weighted by Gasteiger charge is -2.21. The summed E-state index contributed by atoms with van der Waals surface area (Å²) in [6.07, 6.45) is 3.86. The molecule has 0 bridgehead atoms. The largest absolute Gasteiger partial charge is 0.433 e. The van der Waals surface area contributed by atoms with Gasteiger partial charge in [-0.05, 0) is 24.8 Å². The molecule has 4 rings (SSSR count). The van der Waals surface area contributed by atoms with Gasteiger partial charge in [-0.3, -0.25) is 14.3 Å². The lowest BCUT2D eigenvalue weighted by molar-refractivity contribution is -0.141. The first-order chi connectivity index (χ1) is 17.7. The minimum absolute atomic E-state index is 0.0131. The Labute approximate surface area is 209 Å². The second kappa shape index (κ2) is 11.5. The Bertz CT molecular complexity index is 1270. The predicted octanol–water partition coefficient (Wildman–Crippen LogP) is 3.18. The van der Waals surface area contributed by atoms with Crippen molar-refractivity contribution in [2.24, 2.45) is 5.92 Å². The molecule has 0 radical (unpaired) electrons. The van der Waals surface area contributed by atoms with E-state index in [1.807, 2.05) is 0 Å². The van der Waals surface area contributed by atoms with Crippen LogP contribution in [0.2, 0.25) is 0 Å². The van der Waals surface area contributed by atoms with E-state index in [1.165, 1.54) is 0 Å². The molecule has 37 heavy (non-hydrogen) atoms. The molecule has 1 aliphatic rings. The molecule has 0 saturated heterocycles. The maximum atomic E-state index is 13.2. The fourth-order valence-corrected chi connectivity index (χ4v) is 4.22. The number of carbonyl (C=O) groups is 1. The van der Waals surface area contributed by atoms with Gasteiger partial charge in [0.25, 0.3) is 11.5 Å². The number of alkyl halides is 3. The lowest BCUT2D eigenvalue weighted by atomic mass is 9.98. The van der Waals surface area contributed by atoms with Crippen molar-refractivity contribution in [2.75, 3.05) is 11.9 Å². The third kappa shape index (κ3) is 6.90. The number of hydrogen-bond acceptors (Lipinski definition) is 8. The van der Waals surface area contributed by atoms with Crippen molar-refractivity contribution in [2.45, 2.75) is 57.3 Å². The summed E-state index contributed by atoms with van der Waals surface area (Å²) >= 11 is 0. The van der Waals surface area contributed by atoms with E-state index >= 15 is 0 Å². The van der Waals surface area contributed by atoms with Crippen molar-refractivity contribution in [3.63, 3.8) is 0 Å². The zero-order valence-corrected chi connectivity index (χ0v) is 19.8. The quantitative estimate of drug-likeness (QED) is 0.415. The van der Waals surface area contributed by atoms with Gasteiger partial charge in [-0.2, -0.15) is 28.4 Å². The molecule has 3 aromatic heterocycles. The van der Waals surface area contributed by atoms with Gasteiger partial charge in [0.05, 0.1) is 6.20 Å². The zero-order chi connectivity index (χ0) is 26.4. The van der Waals surface area contributed by atoms with Gasteiger partial charge < -0.3 is 15.2 Å². The lowest BCUT2D eigenvalue weighted by Crippen LogP contribution is -2.36. The fraction of sp³-hybridized carbons (Fsp3) is 0.478. The van der Waals surface area contributed by atoms with Gasteiger partial charge in [-0.15, -0.1) is 0 Å². The average Bonchev–Trinajstić information content (AvgIpc) is 3.53. The minimum atomic E-state index is -4.68. The molecular weight excluding hydrogens is 495 g/mol. The third-order valence-corrected chi connectivity index (χ3v) is 6.00. The van der Waals surface area contributed by atoms with E-state index in [9.17, 15) is 22.8 Å². The Morgan fingerprint density at radius 2 is 2.05 bits per heavy atom. The minimum Gasteiger partial charge on any atom is -0.422 e. The number of nitrogens with zero attached hydrogens (tertiary/aromatic N) is 6. The SMILES string of the molecule is O=C(Nc1ccn(CCCO)n1)C(CC1CCCC1)n1ncc(Oc2nccc(C(F)(F)F)n2)cc1=O. The second-order valence-electron chi connectivity index (χ2n) is 8.73. The predicted molar refractivity (Wildman–Crippen MR) is 124 cm³/mol. The van der Waals surface area contributed by atoms with Crippen LogP contribution in [0, 0.1) is 5.92 Å². The van der Waals surface area contributed by atoms with Crippen molar-refractivity contribution in [3.8, 4) is 11.8 Å². The number of amides is 1. The van der Waals surface area contributed by atoms with E-state index in [0.717, 1.165) is 48.8 Å². The Balaban J connectivity index is 1.53.